The molecule has 3 rings (SSSR count). The number of fused-ring (bicyclic) bond motifs is 1. The zero-order chi connectivity index (χ0) is 13.2. The van der Waals surface area contributed by atoms with Gasteiger partial charge in [0, 0.05) is 17.6 Å². The largest absolute Gasteiger partial charge is 0.475 e. The van der Waals surface area contributed by atoms with E-state index in [4.69, 9.17) is 4.74 Å². The normalized spacial score (nSPS) is 11.1. The maximum absolute atomic E-state index is 5.61. The van der Waals surface area contributed by atoms with E-state index in [0.29, 0.717) is 5.88 Å². The number of ether oxygens (including phenoxy) is 1. The molecule has 0 aliphatic heterocycles. The van der Waals surface area contributed by atoms with Crippen LogP contribution in [-0.2, 0) is 0 Å². The lowest BCUT2D eigenvalue weighted by atomic mass is 10.2. The van der Waals surface area contributed by atoms with E-state index in [2.05, 4.69) is 16.1 Å². The Labute approximate surface area is 111 Å². The predicted molar refractivity (Wildman–Crippen MR) is 73.5 cm³/mol. The molecular formula is C15H14N3O. The summed E-state index contributed by atoms with van der Waals surface area (Å²) in [7, 11) is 0. The van der Waals surface area contributed by atoms with Gasteiger partial charge in [0.05, 0.1) is 23.5 Å². The minimum absolute atomic E-state index is 0.103. The first-order valence-electron chi connectivity index (χ1n) is 6.21. The van der Waals surface area contributed by atoms with Gasteiger partial charge in [-0.3, -0.25) is 0 Å². The molecule has 0 unspecified atom stereocenters. The molecule has 4 nitrogen and oxygen atoms in total. The Kier molecular flexibility index (Phi) is 2.91. The van der Waals surface area contributed by atoms with Gasteiger partial charge in [-0.25, -0.2) is 9.67 Å². The van der Waals surface area contributed by atoms with Gasteiger partial charge in [0.15, 0.2) is 0 Å². The third kappa shape index (κ3) is 2.29. The highest BCUT2D eigenvalue weighted by atomic mass is 16.5. The highest BCUT2D eigenvalue weighted by Gasteiger charge is 2.06. The van der Waals surface area contributed by atoms with E-state index in [9.17, 15) is 0 Å². The van der Waals surface area contributed by atoms with E-state index in [-0.39, 0.29) is 6.10 Å². The van der Waals surface area contributed by atoms with E-state index >= 15 is 0 Å². The zero-order valence-electron chi connectivity index (χ0n) is 10.9. The van der Waals surface area contributed by atoms with E-state index in [0.717, 1.165) is 16.6 Å². The minimum atomic E-state index is 0.103. The number of hydrogen-bond acceptors (Lipinski definition) is 3. The monoisotopic (exact) mass is 252 g/mol. The molecule has 0 amide bonds. The lowest BCUT2D eigenvalue weighted by Crippen LogP contribution is -2.07. The highest BCUT2D eigenvalue weighted by molar-refractivity contribution is 5.79. The van der Waals surface area contributed by atoms with Crippen LogP contribution in [0.2, 0.25) is 0 Å². The molecule has 19 heavy (non-hydrogen) atoms. The number of benzene rings is 1. The Balaban J connectivity index is 2.06. The van der Waals surface area contributed by atoms with Crippen molar-refractivity contribution in [2.45, 2.75) is 20.0 Å². The van der Waals surface area contributed by atoms with Gasteiger partial charge in [0.2, 0.25) is 5.88 Å². The van der Waals surface area contributed by atoms with Crippen molar-refractivity contribution < 1.29 is 4.74 Å². The molecule has 2 aromatic heterocycles. The lowest BCUT2D eigenvalue weighted by Gasteiger charge is -2.10. The van der Waals surface area contributed by atoms with Crippen LogP contribution < -0.4 is 4.74 Å². The molecule has 1 radical (unpaired) electrons. The molecule has 2 heterocycles. The summed E-state index contributed by atoms with van der Waals surface area (Å²) in [6.07, 6.45) is 3.66. The third-order valence-electron chi connectivity index (χ3n) is 2.73. The van der Waals surface area contributed by atoms with Crippen LogP contribution in [0.4, 0.5) is 0 Å². The fourth-order valence-corrected chi connectivity index (χ4v) is 1.96. The van der Waals surface area contributed by atoms with Crippen molar-refractivity contribution in [3.05, 3.63) is 48.8 Å². The fourth-order valence-electron chi connectivity index (χ4n) is 1.96. The molecule has 0 aliphatic carbocycles. The highest BCUT2D eigenvalue weighted by Crippen LogP contribution is 2.20. The molecule has 0 N–H and O–H groups in total. The van der Waals surface area contributed by atoms with Crippen molar-refractivity contribution in [2.75, 3.05) is 0 Å². The summed E-state index contributed by atoms with van der Waals surface area (Å²) in [5.41, 5.74) is 1.98. The van der Waals surface area contributed by atoms with Gasteiger partial charge in [-0.1, -0.05) is 6.07 Å². The number of pyridine rings is 1. The van der Waals surface area contributed by atoms with Gasteiger partial charge < -0.3 is 4.74 Å². The summed E-state index contributed by atoms with van der Waals surface area (Å²) < 4.78 is 7.48. The van der Waals surface area contributed by atoms with Crippen LogP contribution in [-0.4, -0.2) is 20.9 Å². The Hall–Kier alpha value is -2.36. The van der Waals surface area contributed by atoms with Crippen LogP contribution in [0, 0.1) is 6.07 Å². The second-order valence-corrected chi connectivity index (χ2v) is 4.56. The molecule has 0 saturated carbocycles. The SMILES string of the molecule is CC(C)Oc1cc(-n2ncc3c[c]ccc32)ccn1. The van der Waals surface area contributed by atoms with Crippen LogP contribution in [0.3, 0.4) is 0 Å². The maximum atomic E-state index is 5.61. The van der Waals surface area contributed by atoms with Crippen LogP contribution in [0.15, 0.2) is 42.7 Å². The third-order valence-corrected chi connectivity index (χ3v) is 2.73. The van der Waals surface area contributed by atoms with E-state index in [1.807, 2.05) is 55.1 Å². The molecule has 0 atom stereocenters. The van der Waals surface area contributed by atoms with Crippen molar-refractivity contribution in [1.29, 1.82) is 0 Å². The van der Waals surface area contributed by atoms with Gasteiger partial charge in [-0.05, 0) is 38.1 Å². The van der Waals surface area contributed by atoms with E-state index in [1.54, 1.807) is 6.20 Å². The molecular weight excluding hydrogens is 238 g/mol. The average Bonchev–Trinajstić information content (AvgIpc) is 2.82. The summed E-state index contributed by atoms with van der Waals surface area (Å²) in [5.74, 6) is 0.610. The second-order valence-electron chi connectivity index (χ2n) is 4.56. The van der Waals surface area contributed by atoms with Gasteiger partial charge >= 0.3 is 0 Å². The molecule has 0 fully saturated rings. The smallest absolute Gasteiger partial charge is 0.215 e. The average molecular weight is 252 g/mol. The number of rotatable bonds is 3. The Morgan fingerprint density at radius 3 is 3.05 bits per heavy atom. The van der Waals surface area contributed by atoms with Gasteiger partial charge in [0.25, 0.3) is 0 Å². The van der Waals surface area contributed by atoms with Crippen LogP contribution >= 0.6 is 0 Å². The standard InChI is InChI=1S/C15H14N3O/c1-11(2)19-15-9-13(7-8-16-15)18-14-6-4-3-5-12(14)10-17-18/h4-11H,1-2H3. The Bertz CT molecular complexity index is 703. The van der Waals surface area contributed by atoms with Crippen molar-refractivity contribution in [3.63, 3.8) is 0 Å². The summed E-state index contributed by atoms with van der Waals surface area (Å²) in [6, 6.07) is 12.6. The molecule has 95 valence electrons. The van der Waals surface area contributed by atoms with Crippen LogP contribution in [0.1, 0.15) is 13.8 Å². The van der Waals surface area contributed by atoms with Crippen molar-refractivity contribution in [3.8, 4) is 11.6 Å². The first-order chi connectivity index (χ1) is 9.24. The molecule has 1 aromatic carbocycles. The molecule has 3 aromatic rings. The number of aromatic nitrogens is 3. The predicted octanol–water partition coefficient (Wildman–Crippen LogP) is 3.01. The fraction of sp³-hybridized carbons (Fsp3) is 0.200. The summed E-state index contributed by atoms with van der Waals surface area (Å²) >= 11 is 0. The van der Waals surface area contributed by atoms with Crippen molar-refractivity contribution in [1.82, 2.24) is 14.8 Å². The topological polar surface area (TPSA) is 39.9 Å². The summed E-state index contributed by atoms with van der Waals surface area (Å²) in [5, 5.41) is 5.46. The van der Waals surface area contributed by atoms with Gasteiger partial charge in [-0.2, -0.15) is 5.10 Å². The van der Waals surface area contributed by atoms with E-state index < -0.39 is 0 Å². The molecule has 0 spiro atoms. The van der Waals surface area contributed by atoms with Crippen LogP contribution in [0.5, 0.6) is 5.88 Å². The van der Waals surface area contributed by atoms with E-state index in [1.165, 1.54) is 0 Å². The van der Waals surface area contributed by atoms with Gasteiger partial charge in [0.1, 0.15) is 0 Å². The molecule has 0 saturated heterocycles. The Morgan fingerprint density at radius 2 is 2.21 bits per heavy atom. The zero-order valence-corrected chi connectivity index (χ0v) is 10.9. The molecule has 4 heteroatoms. The summed E-state index contributed by atoms with van der Waals surface area (Å²) in [4.78, 5) is 4.20. The molecule has 0 bridgehead atoms. The maximum Gasteiger partial charge on any atom is 0.215 e. The Morgan fingerprint density at radius 1 is 1.32 bits per heavy atom. The first-order valence-corrected chi connectivity index (χ1v) is 6.21. The molecule has 0 aliphatic rings. The lowest BCUT2D eigenvalue weighted by molar-refractivity contribution is 0.232. The van der Waals surface area contributed by atoms with Crippen molar-refractivity contribution in [2.24, 2.45) is 0 Å². The minimum Gasteiger partial charge on any atom is -0.475 e. The van der Waals surface area contributed by atoms with Gasteiger partial charge in [-0.15, -0.1) is 0 Å². The van der Waals surface area contributed by atoms with Crippen molar-refractivity contribution >= 4 is 10.9 Å². The summed E-state index contributed by atoms with van der Waals surface area (Å²) in [6.45, 7) is 3.96. The first kappa shape index (κ1) is 11.7. The number of hydrogen-bond donors (Lipinski definition) is 0. The second kappa shape index (κ2) is 4.72. The number of nitrogens with zero attached hydrogens (tertiary/aromatic N) is 3. The quantitative estimate of drug-likeness (QED) is 0.719. The van der Waals surface area contributed by atoms with Crippen LogP contribution in [0.25, 0.3) is 16.6 Å².